The standard InChI is InChI=1S/C24H28N10O8/c1-11-3-7-23(8-4-11)39-17(35)15(18(36)40-23)29-33-22-26-16(30-34-22)13-5-9-24(10-6-13)41-19(37)14(20(38)42-24)28-32-21-25-12(2)27-31-21/h11,13H,3-10H2,1-2H3,(H2,25,27,31,32)(H2,26,30,33,34). The number of H-pyrrole nitrogens is 2. The fourth-order valence-corrected chi connectivity index (χ4v) is 5.31. The third-order valence-corrected chi connectivity index (χ3v) is 7.69. The number of carbonyl (C=O) groups excluding carboxylic acids is 4. The maximum atomic E-state index is 12.6. The van der Waals surface area contributed by atoms with Crippen LogP contribution in [0.25, 0.3) is 0 Å². The van der Waals surface area contributed by atoms with E-state index in [9.17, 15) is 19.2 Å². The molecule has 2 spiro atoms. The first-order valence-electron chi connectivity index (χ1n) is 13.5. The summed E-state index contributed by atoms with van der Waals surface area (Å²) >= 11 is 0. The van der Waals surface area contributed by atoms with E-state index in [2.05, 4.69) is 58.3 Å². The number of hydrogen-bond acceptors (Lipinski definition) is 16. The van der Waals surface area contributed by atoms with Crippen LogP contribution in [0.2, 0.25) is 0 Å². The van der Waals surface area contributed by atoms with Gasteiger partial charge in [0.15, 0.2) is 0 Å². The van der Waals surface area contributed by atoms with Crippen molar-refractivity contribution in [2.45, 2.75) is 82.7 Å². The first-order valence-corrected chi connectivity index (χ1v) is 13.5. The molecule has 6 rings (SSSR count). The van der Waals surface area contributed by atoms with Crippen LogP contribution in [-0.4, -0.2) is 77.2 Å². The van der Waals surface area contributed by atoms with Gasteiger partial charge in [-0.1, -0.05) is 6.92 Å². The van der Waals surface area contributed by atoms with E-state index < -0.39 is 46.9 Å². The number of nitrogens with zero attached hydrogens (tertiary/aromatic N) is 6. The Kier molecular flexibility index (Phi) is 6.82. The molecule has 222 valence electrons. The van der Waals surface area contributed by atoms with E-state index in [0.29, 0.717) is 43.3 Å². The summed E-state index contributed by atoms with van der Waals surface area (Å²) in [5, 5.41) is 20.8. The molecule has 4 aliphatic rings. The van der Waals surface area contributed by atoms with Crippen LogP contribution in [0.3, 0.4) is 0 Å². The molecule has 2 aromatic heterocycles. The quantitative estimate of drug-likeness (QED) is 0.282. The molecule has 18 heteroatoms. The van der Waals surface area contributed by atoms with E-state index in [4.69, 9.17) is 18.9 Å². The molecule has 2 aliphatic carbocycles. The Morgan fingerprint density at radius 2 is 1.17 bits per heavy atom. The number of aromatic amines is 2. The summed E-state index contributed by atoms with van der Waals surface area (Å²) in [7, 11) is 0. The van der Waals surface area contributed by atoms with Gasteiger partial charge in [-0.05, 0) is 38.5 Å². The Bertz CT molecular complexity index is 1440. The SMILES string of the molecule is Cc1nc(NN=C2C(=O)OC3(CCC(c4nc(NN=C5C(=O)OC6(CCC(C)CC6)OC5=O)n[nH]4)CC3)OC2=O)n[nH]1. The van der Waals surface area contributed by atoms with Crippen molar-refractivity contribution in [3.8, 4) is 0 Å². The van der Waals surface area contributed by atoms with Gasteiger partial charge < -0.3 is 18.9 Å². The highest BCUT2D eigenvalue weighted by molar-refractivity contribution is 6.63. The van der Waals surface area contributed by atoms with E-state index >= 15 is 0 Å². The van der Waals surface area contributed by atoms with Gasteiger partial charge in [0.05, 0.1) is 0 Å². The van der Waals surface area contributed by atoms with E-state index in [1.54, 1.807) is 6.92 Å². The molecule has 4 heterocycles. The van der Waals surface area contributed by atoms with E-state index in [1.165, 1.54) is 0 Å². The largest absolute Gasteiger partial charge is 0.417 e. The Morgan fingerprint density at radius 1 is 0.714 bits per heavy atom. The molecule has 42 heavy (non-hydrogen) atoms. The number of nitrogens with one attached hydrogen (secondary N) is 4. The first-order chi connectivity index (χ1) is 20.1. The Hall–Kier alpha value is -4.90. The summed E-state index contributed by atoms with van der Waals surface area (Å²) in [6.07, 6.45) is 3.82. The van der Waals surface area contributed by atoms with Crippen LogP contribution >= 0.6 is 0 Å². The van der Waals surface area contributed by atoms with Crippen molar-refractivity contribution < 1.29 is 38.1 Å². The fraction of sp³-hybridized carbons (Fsp3) is 0.583. The summed E-state index contributed by atoms with van der Waals surface area (Å²) in [6.45, 7) is 3.77. The maximum absolute atomic E-state index is 12.6. The highest BCUT2D eigenvalue weighted by Gasteiger charge is 2.50. The zero-order valence-electron chi connectivity index (χ0n) is 22.8. The summed E-state index contributed by atoms with van der Waals surface area (Å²) in [5.41, 5.74) is 3.84. The Morgan fingerprint density at radius 3 is 1.64 bits per heavy atom. The lowest BCUT2D eigenvalue weighted by Gasteiger charge is -2.40. The van der Waals surface area contributed by atoms with Gasteiger partial charge in [-0.15, -0.1) is 10.2 Å². The van der Waals surface area contributed by atoms with Crippen LogP contribution in [0.4, 0.5) is 11.9 Å². The molecule has 0 atom stereocenters. The minimum atomic E-state index is -1.41. The second kappa shape index (κ2) is 10.5. The average molecular weight is 585 g/mol. The molecule has 4 N–H and O–H groups in total. The molecule has 4 fully saturated rings. The van der Waals surface area contributed by atoms with Gasteiger partial charge in [0, 0.05) is 31.6 Å². The zero-order valence-corrected chi connectivity index (χ0v) is 22.8. The van der Waals surface area contributed by atoms with Gasteiger partial charge in [0.2, 0.25) is 0 Å². The molecule has 0 radical (unpaired) electrons. The lowest BCUT2D eigenvalue weighted by atomic mass is 9.84. The number of carbonyl (C=O) groups is 4. The molecule has 2 aromatic rings. The van der Waals surface area contributed by atoms with E-state index in [0.717, 1.165) is 12.8 Å². The molecule has 0 bridgehead atoms. The number of ether oxygens (including phenoxy) is 4. The Balaban J connectivity index is 1.03. The summed E-state index contributed by atoms with van der Waals surface area (Å²) < 4.78 is 21.9. The molecule has 2 saturated carbocycles. The third kappa shape index (κ3) is 5.38. The summed E-state index contributed by atoms with van der Waals surface area (Å²) in [6, 6.07) is 0. The van der Waals surface area contributed by atoms with Gasteiger partial charge in [-0.3, -0.25) is 10.2 Å². The van der Waals surface area contributed by atoms with E-state index in [1.807, 2.05) is 0 Å². The topological polar surface area (TPSA) is 237 Å². The Labute approximate surface area is 237 Å². The number of hydrogen-bond donors (Lipinski definition) is 4. The van der Waals surface area contributed by atoms with E-state index in [-0.39, 0.29) is 30.7 Å². The van der Waals surface area contributed by atoms with Crippen molar-refractivity contribution in [1.29, 1.82) is 0 Å². The maximum Gasteiger partial charge on any atom is 0.369 e. The molecule has 0 aromatic carbocycles. The van der Waals surface area contributed by atoms with Crippen LogP contribution in [-0.2, 0) is 38.1 Å². The lowest BCUT2D eigenvalue weighted by molar-refractivity contribution is -0.240. The second-order valence-corrected chi connectivity index (χ2v) is 10.8. The molecule has 2 saturated heterocycles. The normalized spacial score (nSPS) is 29.5. The van der Waals surface area contributed by atoms with Crippen LogP contribution in [0.1, 0.15) is 75.9 Å². The number of aryl methyl sites for hydroxylation is 1. The highest BCUT2D eigenvalue weighted by Crippen LogP contribution is 2.41. The first kappa shape index (κ1) is 27.3. The van der Waals surface area contributed by atoms with Crippen LogP contribution in [0.5, 0.6) is 0 Å². The number of anilines is 2. The number of hydrazone groups is 2. The molecular weight excluding hydrogens is 556 g/mol. The van der Waals surface area contributed by atoms with Gasteiger partial charge in [-0.25, -0.2) is 30.0 Å². The fourth-order valence-electron chi connectivity index (χ4n) is 5.31. The van der Waals surface area contributed by atoms with Crippen molar-refractivity contribution in [3.05, 3.63) is 11.6 Å². The molecule has 2 aliphatic heterocycles. The smallest absolute Gasteiger partial charge is 0.369 e. The van der Waals surface area contributed by atoms with Crippen LogP contribution in [0.15, 0.2) is 10.2 Å². The predicted molar refractivity (Wildman–Crippen MR) is 138 cm³/mol. The minimum absolute atomic E-state index is 0.0237. The van der Waals surface area contributed by atoms with Crippen molar-refractivity contribution in [2.75, 3.05) is 10.9 Å². The highest BCUT2D eigenvalue weighted by atomic mass is 16.8. The number of esters is 4. The number of aromatic nitrogens is 6. The summed E-state index contributed by atoms with van der Waals surface area (Å²) in [4.78, 5) is 58.5. The van der Waals surface area contributed by atoms with Crippen molar-refractivity contribution in [1.82, 2.24) is 30.4 Å². The third-order valence-electron chi connectivity index (χ3n) is 7.69. The van der Waals surface area contributed by atoms with Crippen LogP contribution < -0.4 is 10.9 Å². The predicted octanol–water partition coefficient (Wildman–Crippen LogP) is 0.928. The molecular formula is C24H28N10O8. The zero-order chi connectivity index (χ0) is 29.5. The lowest BCUT2D eigenvalue weighted by Crippen LogP contribution is -2.52. The van der Waals surface area contributed by atoms with Gasteiger partial charge in [0.25, 0.3) is 34.9 Å². The molecule has 0 amide bonds. The van der Waals surface area contributed by atoms with Crippen LogP contribution in [0, 0.1) is 12.8 Å². The van der Waals surface area contributed by atoms with Gasteiger partial charge in [0.1, 0.15) is 11.6 Å². The number of rotatable bonds is 5. The molecule has 0 unspecified atom stereocenters. The van der Waals surface area contributed by atoms with Crippen molar-refractivity contribution >= 4 is 47.2 Å². The molecule has 18 nitrogen and oxygen atoms in total. The average Bonchev–Trinajstić information content (AvgIpc) is 3.59. The minimum Gasteiger partial charge on any atom is -0.417 e. The van der Waals surface area contributed by atoms with Gasteiger partial charge >= 0.3 is 23.9 Å². The van der Waals surface area contributed by atoms with Gasteiger partial charge in [-0.2, -0.15) is 20.2 Å². The van der Waals surface area contributed by atoms with Crippen molar-refractivity contribution in [3.63, 3.8) is 0 Å². The summed E-state index contributed by atoms with van der Waals surface area (Å²) in [5.74, 6) is -4.74. The monoisotopic (exact) mass is 584 g/mol. The van der Waals surface area contributed by atoms with Crippen molar-refractivity contribution in [2.24, 2.45) is 16.1 Å². The second-order valence-electron chi connectivity index (χ2n) is 10.8.